The van der Waals surface area contributed by atoms with E-state index < -0.39 is 10.0 Å². The number of nitrogens with zero attached hydrogens (tertiary/aromatic N) is 2. The zero-order valence-corrected chi connectivity index (χ0v) is 16.0. The van der Waals surface area contributed by atoms with E-state index in [9.17, 15) is 8.42 Å². The maximum absolute atomic E-state index is 12.6. The van der Waals surface area contributed by atoms with Gasteiger partial charge in [0.05, 0.1) is 18.1 Å². The van der Waals surface area contributed by atoms with Gasteiger partial charge in [0, 0.05) is 24.7 Å². The van der Waals surface area contributed by atoms with Crippen LogP contribution >= 0.6 is 0 Å². The molecule has 4 rings (SSSR count). The molecule has 0 spiro atoms. The predicted molar refractivity (Wildman–Crippen MR) is 102 cm³/mol. The highest BCUT2D eigenvalue weighted by Gasteiger charge is 2.26. The molecule has 7 nitrogen and oxygen atoms in total. The third-order valence-electron chi connectivity index (χ3n) is 4.44. The van der Waals surface area contributed by atoms with Gasteiger partial charge in [0.1, 0.15) is 18.1 Å². The molecule has 0 saturated carbocycles. The molecule has 28 heavy (non-hydrogen) atoms. The van der Waals surface area contributed by atoms with Gasteiger partial charge >= 0.3 is 0 Å². The van der Waals surface area contributed by atoms with Gasteiger partial charge in [-0.3, -0.25) is 0 Å². The highest BCUT2D eigenvalue weighted by atomic mass is 32.2. The van der Waals surface area contributed by atoms with Crippen molar-refractivity contribution in [3.8, 4) is 17.1 Å². The molecule has 1 fully saturated rings. The predicted octanol–water partition coefficient (Wildman–Crippen LogP) is 2.94. The minimum Gasteiger partial charge on any atom is -0.487 e. The van der Waals surface area contributed by atoms with Crippen LogP contribution in [-0.2, 0) is 21.4 Å². The van der Waals surface area contributed by atoms with Crippen molar-refractivity contribution in [1.29, 1.82) is 0 Å². The third-order valence-corrected chi connectivity index (χ3v) is 6.35. The minimum atomic E-state index is -3.50. The lowest BCUT2D eigenvalue weighted by Gasteiger charge is -2.26. The number of hydrogen-bond acceptors (Lipinski definition) is 6. The number of ether oxygens (including phenoxy) is 2. The highest BCUT2D eigenvalue weighted by Crippen LogP contribution is 2.23. The molecule has 1 aromatic heterocycles. The molecule has 0 radical (unpaired) electrons. The Morgan fingerprint density at radius 1 is 1.00 bits per heavy atom. The molecule has 146 valence electrons. The molecule has 2 heterocycles. The highest BCUT2D eigenvalue weighted by molar-refractivity contribution is 7.89. The van der Waals surface area contributed by atoms with Crippen LogP contribution in [0.15, 0.2) is 70.1 Å². The molecule has 0 amide bonds. The Labute approximate surface area is 163 Å². The summed E-state index contributed by atoms with van der Waals surface area (Å²) in [5, 5.41) is 4.01. The van der Waals surface area contributed by atoms with E-state index in [0.717, 1.165) is 5.56 Å². The lowest BCUT2D eigenvalue weighted by atomic mass is 10.2. The molecule has 1 aliphatic rings. The quantitative estimate of drug-likeness (QED) is 0.633. The van der Waals surface area contributed by atoms with E-state index in [-0.39, 0.29) is 11.5 Å². The Hall–Kier alpha value is -2.68. The SMILES string of the molecule is O=S(=O)(c1ccc(OCc2cc(-c3ccccc3)on2)cc1)N1CCOCC1. The number of rotatable bonds is 6. The van der Waals surface area contributed by atoms with E-state index in [0.29, 0.717) is 43.5 Å². The van der Waals surface area contributed by atoms with Crippen molar-refractivity contribution in [2.75, 3.05) is 26.3 Å². The molecule has 0 atom stereocenters. The van der Waals surface area contributed by atoms with Crippen molar-refractivity contribution in [3.63, 3.8) is 0 Å². The number of morpholine rings is 1. The first-order valence-corrected chi connectivity index (χ1v) is 10.4. The topological polar surface area (TPSA) is 81.9 Å². The lowest BCUT2D eigenvalue weighted by Crippen LogP contribution is -2.40. The van der Waals surface area contributed by atoms with E-state index in [1.165, 1.54) is 4.31 Å². The van der Waals surface area contributed by atoms with Crippen molar-refractivity contribution in [2.45, 2.75) is 11.5 Å². The van der Waals surface area contributed by atoms with E-state index in [4.69, 9.17) is 14.0 Å². The number of hydrogen-bond donors (Lipinski definition) is 0. The van der Waals surface area contributed by atoms with E-state index in [2.05, 4.69) is 5.16 Å². The summed E-state index contributed by atoms with van der Waals surface area (Å²) in [5.41, 5.74) is 1.60. The first-order valence-electron chi connectivity index (χ1n) is 8.95. The first-order chi connectivity index (χ1) is 13.6. The summed E-state index contributed by atoms with van der Waals surface area (Å²) in [6.07, 6.45) is 0. The minimum absolute atomic E-state index is 0.228. The number of benzene rings is 2. The van der Waals surface area contributed by atoms with Crippen molar-refractivity contribution < 1.29 is 22.4 Å². The summed E-state index contributed by atoms with van der Waals surface area (Å²) in [4.78, 5) is 0.245. The van der Waals surface area contributed by atoms with Crippen molar-refractivity contribution in [1.82, 2.24) is 9.46 Å². The number of sulfonamides is 1. The first kappa shape index (κ1) is 18.7. The Kier molecular flexibility index (Phi) is 5.43. The second-order valence-corrected chi connectivity index (χ2v) is 8.26. The molecular weight excluding hydrogens is 380 g/mol. The number of aromatic nitrogens is 1. The average molecular weight is 400 g/mol. The van der Waals surface area contributed by atoms with Crippen LogP contribution in [0.25, 0.3) is 11.3 Å². The van der Waals surface area contributed by atoms with Crippen LogP contribution in [0, 0.1) is 0 Å². The fraction of sp³-hybridized carbons (Fsp3) is 0.250. The largest absolute Gasteiger partial charge is 0.487 e. The zero-order valence-electron chi connectivity index (χ0n) is 15.2. The normalized spacial score (nSPS) is 15.4. The van der Waals surface area contributed by atoms with Gasteiger partial charge < -0.3 is 14.0 Å². The summed E-state index contributed by atoms with van der Waals surface area (Å²) >= 11 is 0. The van der Waals surface area contributed by atoms with Gasteiger partial charge in [-0.1, -0.05) is 35.5 Å². The van der Waals surface area contributed by atoms with Gasteiger partial charge in [-0.05, 0) is 24.3 Å². The van der Waals surface area contributed by atoms with Crippen LogP contribution in [0.5, 0.6) is 5.75 Å². The Balaban J connectivity index is 1.39. The summed E-state index contributed by atoms with van der Waals surface area (Å²) in [7, 11) is -3.50. The molecule has 3 aromatic rings. The second kappa shape index (κ2) is 8.14. The fourth-order valence-electron chi connectivity index (χ4n) is 2.92. The fourth-order valence-corrected chi connectivity index (χ4v) is 4.33. The standard InChI is InChI=1S/C20H20N2O5S/c23-28(24,22-10-12-25-13-11-22)19-8-6-18(7-9-19)26-15-17-14-20(27-21-17)16-4-2-1-3-5-16/h1-9,14H,10-13,15H2. The van der Waals surface area contributed by atoms with E-state index in [1.807, 2.05) is 36.4 Å². The monoisotopic (exact) mass is 400 g/mol. The maximum Gasteiger partial charge on any atom is 0.243 e. The van der Waals surface area contributed by atoms with E-state index >= 15 is 0 Å². The van der Waals surface area contributed by atoms with Crippen LogP contribution in [0.2, 0.25) is 0 Å². The second-order valence-electron chi connectivity index (χ2n) is 6.33. The summed E-state index contributed by atoms with van der Waals surface area (Å²) in [6, 6.07) is 17.9. The van der Waals surface area contributed by atoms with Crippen LogP contribution in [-0.4, -0.2) is 44.2 Å². The van der Waals surface area contributed by atoms with Crippen LogP contribution in [0.4, 0.5) is 0 Å². The van der Waals surface area contributed by atoms with Gasteiger partial charge in [-0.15, -0.1) is 0 Å². The molecule has 0 N–H and O–H groups in total. The van der Waals surface area contributed by atoms with E-state index in [1.54, 1.807) is 24.3 Å². The molecule has 2 aromatic carbocycles. The molecule has 0 unspecified atom stereocenters. The van der Waals surface area contributed by atoms with Gasteiger partial charge in [0.15, 0.2) is 5.76 Å². The Morgan fingerprint density at radius 3 is 2.43 bits per heavy atom. The van der Waals surface area contributed by atoms with Gasteiger partial charge in [-0.2, -0.15) is 4.31 Å². The molecule has 8 heteroatoms. The lowest BCUT2D eigenvalue weighted by molar-refractivity contribution is 0.0730. The van der Waals surface area contributed by atoms with Gasteiger partial charge in [0.25, 0.3) is 0 Å². The van der Waals surface area contributed by atoms with Crippen LogP contribution in [0.3, 0.4) is 0 Å². The summed E-state index contributed by atoms with van der Waals surface area (Å²) in [6.45, 7) is 1.81. The average Bonchev–Trinajstić information content (AvgIpc) is 3.23. The molecule has 0 aliphatic carbocycles. The summed E-state index contributed by atoms with van der Waals surface area (Å²) in [5.74, 6) is 1.23. The van der Waals surface area contributed by atoms with Crippen LogP contribution < -0.4 is 4.74 Å². The Bertz CT molecular complexity index is 1010. The van der Waals surface area contributed by atoms with Gasteiger partial charge in [0.2, 0.25) is 10.0 Å². The smallest absolute Gasteiger partial charge is 0.243 e. The zero-order chi connectivity index (χ0) is 19.4. The van der Waals surface area contributed by atoms with Crippen molar-refractivity contribution >= 4 is 10.0 Å². The molecule has 0 bridgehead atoms. The maximum atomic E-state index is 12.6. The van der Waals surface area contributed by atoms with Crippen LogP contribution in [0.1, 0.15) is 5.69 Å². The van der Waals surface area contributed by atoms with Crippen molar-refractivity contribution in [3.05, 3.63) is 66.4 Å². The molecule has 1 aliphatic heterocycles. The van der Waals surface area contributed by atoms with Gasteiger partial charge in [-0.25, -0.2) is 8.42 Å². The molecule has 1 saturated heterocycles. The molecular formula is C20H20N2O5S. The summed E-state index contributed by atoms with van der Waals surface area (Å²) < 4.78 is 42.9. The Morgan fingerprint density at radius 2 is 1.71 bits per heavy atom. The van der Waals surface area contributed by atoms with Crippen molar-refractivity contribution in [2.24, 2.45) is 0 Å². The third kappa shape index (κ3) is 4.09.